The lowest BCUT2D eigenvalue weighted by atomic mass is 9.97. The van der Waals surface area contributed by atoms with E-state index in [4.69, 9.17) is 15.2 Å². The summed E-state index contributed by atoms with van der Waals surface area (Å²) in [7, 11) is -16.9. The van der Waals surface area contributed by atoms with Gasteiger partial charge in [0.2, 0.25) is 0 Å². The van der Waals surface area contributed by atoms with Crippen molar-refractivity contribution >= 4 is 52.1 Å². The fourth-order valence-corrected chi connectivity index (χ4v) is 6.99. The highest BCUT2D eigenvalue weighted by atomic mass is 31.3. The first-order valence-electron chi connectivity index (χ1n) is 11.5. The molecule has 41 heavy (non-hydrogen) atoms. The van der Waals surface area contributed by atoms with Crippen LogP contribution in [0.25, 0.3) is 11.2 Å². The summed E-state index contributed by atoms with van der Waals surface area (Å²) in [5.74, 6) is -0.930. The molecule has 1 aliphatic carbocycles. The van der Waals surface area contributed by atoms with Crippen molar-refractivity contribution < 1.29 is 65.8 Å². The molecule has 3 heterocycles. The number of ether oxygens (including phenoxy) is 2. The smallest absolute Gasteiger partial charge is 0.340 e. The number of aromatic nitrogens is 4. The van der Waals surface area contributed by atoms with Gasteiger partial charge < -0.3 is 49.0 Å². The van der Waals surface area contributed by atoms with Crippen molar-refractivity contribution in [2.75, 3.05) is 19.4 Å². The first-order valence-corrected chi connectivity index (χ1v) is 15.8. The lowest BCUT2D eigenvalue weighted by molar-refractivity contribution is -0.339. The summed E-state index contributed by atoms with van der Waals surface area (Å²) >= 11 is 0. The van der Waals surface area contributed by atoms with E-state index in [9.17, 15) is 43.2 Å². The van der Waals surface area contributed by atoms with E-state index in [0.29, 0.717) is 18.6 Å². The first-order chi connectivity index (χ1) is 19.1. The van der Waals surface area contributed by atoms with Gasteiger partial charge in [0.15, 0.2) is 23.8 Å². The number of phosphoric ester groups is 1. The molecule has 0 aromatic carbocycles. The van der Waals surface area contributed by atoms with Gasteiger partial charge in [0, 0.05) is 12.8 Å². The molecular formula is C18H21N6O14P3-4. The van der Waals surface area contributed by atoms with Gasteiger partial charge in [-0.15, -0.1) is 0 Å². The zero-order valence-corrected chi connectivity index (χ0v) is 23.5. The Bertz CT molecular complexity index is 1520. The van der Waals surface area contributed by atoms with E-state index in [-0.39, 0.29) is 22.6 Å². The summed E-state index contributed by atoms with van der Waals surface area (Å²) in [5, 5.41) is 11.1. The third-order valence-corrected chi connectivity index (χ3v) is 9.44. The monoisotopic (exact) mass is 638 g/mol. The van der Waals surface area contributed by atoms with Gasteiger partial charge in [-0.05, 0) is 19.3 Å². The average Bonchev–Trinajstić information content (AvgIpc) is 3.42. The molecule has 0 saturated carbocycles. The quantitative estimate of drug-likeness (QED) is 0.202. The zero-order valence-electron chi connectivity index (χ0n) is 20.8. The molecule has 0 bridgehead atoms. The van der Waals surface area contributed by atoms with Crippen LogP contribution >= 0.6 is 23.5 Å². The minimum Gasteiger partial charge on any atom is -0.790 e. The van der Waals surface area contributed by atoms with Gasteiger partial charge in [0.1, 0.15) is 24.1 Å². The number of fused-ring (bicyclic) bond motifs is 1. The number of anilines is 1. The fraction of sp³-hybridized carbons (Fsp3) is 0.500. The molecule has 1 saturated heterocycles. The van der Waals surface area contributed by atoms with Crippen molar-refractivity contribution in [2.45, 2.75) is 43.8 Å². The number of rotatable bonds is 10. The zero-order chi connectivity index (χ0) is 30.2. The van der Waals surface area contributed by atoms with E-state index in [2.05, 4.69) is 33.1 Å². The lowest BCUT2D eigenvalue weighted by Gasteiger charge is -2.37. The standard InChI is InChI=1S/C18H25N6O14P3/c1-20-10-5-3-2-4-9(10)18(26)36-14-11(6-34-40(30,31)38-41(32,33)37-39(27,28)29)35-17(13(14)25)24-8-23-12-15(19)21-7-22-16(12)24/h4,7-8,11,13-14,17,25H,2-3,5-6H2,1H3,(H,30,31)(H,32,33)(H2,19,21,22)(H2,27,28,29)/p-4/t11-,13-,14-,17-/m1/s1. The van der Waals surface area contributed by atoms with Gasteiger partial charge >= 0.3 is 5.97 Å². The molecule has 23 heteroatoms. The van der Waals surface area contributed by atoms with Crippen LogP contribution < -0.4 is 25.3 Å². The summed E-state index contributed by atoms with van der Waals surface area (Å²) in [5.41, 5.74) is 6.55. The Balaban J connectivity index is 1.59. The number of aliphatic hydroxyl groups is 1. The van der Waals surface area contributed by atoms with Gasteiger partial charge in [0.05, 0.1) is 26.3 Å². The maximum absolute atomic E-state index is 13.0. The van der Waals surface area contributed by atoms with Crippen molar-refractivity contribution in [3.63, 3.8) is 0 Å². The van der Waals surface area contributed by atoms with Crippen LogP contribution in [0, 0.1) is 0 Å². The Morgan fingerprint density at radius 3 is 2.61 bits per heavy atom. The molecule has 2 aromatic heterocycles. The van der Waals surface area contributed by atoms with Crippen molar-refractivity contribution in [1.29, 1.82) is 0 Å². The number of aliphatic hydroxyl groups excluding tert-OH is 1. The second-order valence-corrected chi connectivity index (χ2v) is 12.7. The Hall–Kier alpha value is -2.44. The van der Waals surface area contributed by atoms with Crippen LogP contribution in [0.5, 0.6) is 0 Å². The second kappa shape index (κ2) is 12.0. The molecular weight excluding hydrogens is 617 g/mol. The van der Waals surface area contributed by atoms with E-state index in [1.807, 2.05) is 0 Å². The minimum atomic E-state index is -6.23. The third-order valence-electron chi connectivity index (χ3n) is 5.78. The van der Waals surface area contributed by atoms with Gasteiger partial charge in [-0.2, -0.15) is 0 Å². The highest BCUT2D eigenvalue weighted by Gasteiger charge is 2.49. The highest BCUT2D eigenvalue weighted by molar-refractivity contribution is 7.64. The number of nitrogens with two attached hydrogens (primary N) is 1. The summed E-state index contributed by atoms with van der Waals surface area (Å²) in [4.78, 5) is 73.6. The average molecular weight is 638 g/mol. The fourth-order valence-electron chi connectivity index (χ4n) is 4.12. The Morgan fingerprint density at radius 1 is 1.20 bits per heavy atom. The van der Waals surface area contributed by atoms with Crippen molar-refractivity contribution in [1.82, 2.24) is 19.5 Å². The summed E-state index contributed by atoms with van der Waals surface area (Å²) < 4.78 is 57.7. The number of imidazole rings is 1. The van der Waals surface area contributed by atoms with Crippen LogP contribution in [0.2, 0.25) is 0 Å². The molecule has 0 spiro atoms. The van der Waals surface area contributed by atoms with Crippen LogP contribution in [0.4, 0.5) is 5.82 Å². The van der Waals surface area contributed by atoms with E-state index < -0.39 is 60.6 Å². The molecule has 1 aliphatic heterocycles. The normalized spacial score (nSPS) is 27.4. The number of phosphoric acid groups is 3. The number of carbonyl (C=O) groups is 1. The Morgan fingerprint density at radius 2 is 1.93 bits per heavy atom. The third kappa shape index (κ3) is 7.50. The lowest BCUT2D eigenvalue weighted by Crippen LogP contribution is -2.39. The molecule has 20 nitrogen and oxygen atoms in total. The SMILES string of the molecule is CN=C1CCCC=C1C(=O)O[C@H]1[C@@H](O)[C@H](n2cnc3c(N)ncnc32)O[C@@H]1COP(=O)([O-])OP(=O)([O-])OP(=O)([O-])[O-]. The molecule has 0 amide bonds. The van der Waals surface area contributed by atoms with Crippen LogP contribution in [0.15, 0.2) is 29.3 Å². The molecule has 4 rings (SSSR count). The Labute approximate surface area is 230 Å². The largest absolute Gasteiger partial charge is 0.790 e. The predicted octanol–water partition coefficient (Wildman–Crippen LogP) is -2.42. The van der Waals surface area contributed by atoms with Crippen molar-refractivity contribution in [2.24, 2.45) is 4.99 Å². The summed E-state index contributed by atoms with van der Waals surface area (Å²) in [6.45, 7) is -1.13. The number of allylic oxidation sites excluding steroid dienone is 1. The minimum absolute atomic E-state index is 0.00544. The van der Waals surface area contributed by atoms with E-state index in [1.54, 1.807) is 6.08 Å². The molecule has 3 N–H and O–H groups in total. The number of nitrogens with zero attached hydrogens (tertiary/aromatic N) is 5. The van der Waals surface area contributed by atoms with Gasteiger partial charge in [-0.1, -0.05) is 6.08 Å². The molecule has 2 aromatic rings. The van der Waals surface area contributed by atoms with Crippen molar-refractivity contribution in [3.05, 3.63) is 24.3 Å². The highest BCUT2D eigenvalue weighted by Crippen LogP contribution is 2.60. The van der Waals surface area contributed by atoms with E-state index >= 15 is 0 Å². The Kier molecular flexibility index (Phi) is 9.25. The number of nitrogen functional groups attached to an aromatic ring is 1. The summed E-state index contributed by atoms with van der Waals surface area (Å²) in [6, 6.07) is 0. The number of aliphatic imine (C=N–C) groups is 1. The van der Waals surface area contributed by atoms with Gasteiger partial charge in [0.25, 0.3) is 15.6 Å². The number of hydrogen-bond donors (Lipinski definition) is 2. The van der Waals surface area contributed by atoms with E-state index in [1.165, 1.54) is 17.9 Å². The molecule has 226 valence electrons. The van der Waals surface area contributed by atoms with Crippen LogP contribution in [-0.2, 0) is 41.1 Å². The van der Waals surface area contributed by atoms with Crippen LogP contribution in [-0.4, -0.2) is 68.3 Å². The molecule has 0 radical (unpaired) electrons. The van der Waals surface area contributed by atoms with Gasteiger partial charge in [-0.25, -0.2) is 24.1 Å². The maximum atomic E-state index is 13.0. The molecule has 6 atom stereocenters. The number of esters is 1. The van der Waals surface area contributed by atoms with E-state index in [0.717, 1.165) is 12.7 Å². The number of carbonyl (C=O) groups excluding carboxylic acids is 1. The van der Waals surface area contributed by atoms with Gasteiger partial charge in [-0.3, -0.25) is 23.0 Å². The first kappa shape index (κ1) is 31.5. The maximum Gasteiger partial charge on any atom is 0.340 e. The van der Waals surface area contributed by atoms with Crippen LogP contribution in [0.3, 0.4) is 0 Å². The molecule has 2 unspecified atom stereocenters. The topological polar surface area (TPSA) is 309 Å². The number of hydrogen-bond acceptors (Lipinski definition) is 19. The summed E-state index contributed by atoms with van der Waals surface area (Å²) in [6.07, 6.45) is -0.762. The molecule has 2 aliphatic rings. The predicted molar refractivity (Wildman–Crippen MR) is 126 cm³/mol. The van der Waals surface area contributed by atoms with Crippen molar-refractivity contribution in [3.8, 4) is 0 Å². The second-order valence-electron chi connectivity index (χ2n) is 8.49. The molecule has 1 fully saturated rings. The van der Waals surface area contributed by atoms with Crippen LogP contribution in [0.1, 0.15) is 25.5 Å².